The van der Waals surface area contributed by atoms with Gasteiger partial charge in [-0.25, -0.2) is 9.97 Å². The van der Waals surface area contributed by atoms with Gasteiger partial charge in [0.1, 0.15) is 11.5 Å². The summed E-state index contributed by atoms with van der Waals surface area (Å²) >= 11 is 0. The molecule has 0 atom stereocenters. The van der Waals surface area contributed by atoms with Gasteiger partial charge in [-0.2, -0.15) is 5.10 Å². The molecule has 7 heteroatoms. The molecule has 1 amide bonds. The molecule has 0 saturated heterocycles. The van der Waals surface area contributed by atoms with Crippen molar-refractivity contribution in [3.05, 3.63) is 35.5 Å². The highest BCUT2D eigenvalue weighted by Crippen LogP contribution is 2.07. The number of nitrogens with one attached hydrogen (secondary N) is 2. The summed E-state index contributed by atoms with van der Waals surface area (Å²) in [6.45, 7) is 5.22. The predicted molar refractivity (Wildman–Crippen MR) is 80.0 cm³/mol. The topological polar surface area (TPSA) is 84.7 Å². The summed E-state index contributed by atoms with van der Waals surface area (Å²) in [5.74, 6) is 0.422. The lowest BCUT2D eigenvalue weighted by molar-refractivity contribution is 0.0945. The lowest BCUT2D eigenvalue weighted by Crippen LogP contribution is -2.24. The molecular weight excluding hydrogens is 268 g/mol. The van der Waals surface area contributed by atoms with Gasteiger partial charge in [0.25, 0.3) is 5.91 Å². The number of aromatic nitrogens is 4. The molecule has 2 N–H and O–H groups in total. The third-order valence-corrected chi connectivity index (χ3v) is 3.01. The number of hydrogen-bond acceptors (Lipinski definition) is 5. The van der Waals surface area contributed by atoms with Crippen LogP contribution in [0, 0.1) is 0 Å². The van der Waals surface area contributed by atoms with E-state index >= 15 is 0 Å². The van der Waals surface area contributed by atoms with Crippen LogP contribution in [0.4, 0.5) is 5.82 Å². The average molecular weight is 288 g/mol. The zero-order chi connectivity index (χ0) is 15.2. The molecule has 2 aromatic heterocycles. The van der Waals surface area contributed by atoms with Crippen LogP contribution in [0.1, 0.15) is 35.6 Å². The Hall–Kier alpha value is -2.44. The van der Waals surface area contributed by atoms with E-state index in [4.69, 9.17) is 0 Å². The summed E-state index contributed by atoms with van der Waals surface area (Å²) in [7, 11) is 1.87. The molecule has 2 heterocycles. The van der Waals surface area contributed by atoms with E-state index in [-0.39, 0.29) is 5.91 Å². The normalized spacial score (nSPS) is 10.4. The SMILES string of the molecule is CCNc1cnc(C(=O)NCc2cn(C)nc2CC)cn1. The molecule has 2 rings (SSSR count). The maximum Gasteiger partial charge on any atom is 0.271 e. The van der Waals surface area contributed by atoms with Crippen LogP contribution in [-0.4, -0.2) is 32.2 Å². The zero-order valence-corrected chi connectivity index (χ0v) is 12.6. The van der Waals surface area contributed by atoms with Gasteiger partial charge >= 0.3 is 0 Å². The molecule has 0 aromatic carbocycles. The molecule has 0 radical (unpaired) electrons. The number of rotatable bonds is 6. The van der Waals surface area contributed by atoms with Gasteiger partial charge in [0.2, 0.25) is 0 Å². The first-order chi connectivity index (χ1) is 10.1. The van der Waals surface area contributed by atoms with Gasteiger partial charge in [-0.05, 0) is 13.3 Å². The van der Waals surface area contributed by atoms with E-state index in [9.17, 15) is 4.79 Å². The number of amides is 1. The van der Waals surface area contributed by atoms with Crippen molar-refractivity contribution in [2.24, 2.45) is 7.05 Å². The number of anilines is 1. The molecule has 7 nitrogen and oxygen atoms in total. The van der Waals surface area contributed by atoms with E-state index < -0.39 is 0 Å². The van der Waals surface area contributed by atoms with Crippen molar-refractivity contribution in [2.45, 2.75) is 26.8 Å². The fraction of sp³-hybridized carbons (Fsp3) is 0.429. The Morgan fingerprint density at radius 3 is 2.71 bits per heavy atom. The van der Waals surface area contributed by atoms with E-state index in [2.05, 4.69) is 25.7 Å². The Balaban J connectivity index is 1.97. The summed E-state index contributed by atoms with van der Waals surface area (Å²) < 4.78 is 1.76. The van der Waals surface area contributed by atoms with Gasteiger partial charge in [-0.15, -0.1) is 0 Å². The van der Waals surface area contributed by atoms with Crippen LogP contribution >= 0.6 is 0 Å². The largest absolute Gasteiger partial charge is 0.369 e. The summed E-state index contributed by atoms with van der Waals surface area (Å²) in [5, 5.41) is 10.2. The summed E-state index contributed by atoms with van der Waals surface area (Å²) in [6, 6.07) is 0. The molecule has 0 bridgehead atoms. The minimum atomic E-state index is -0.239. The van der Waals surface area contributed by atoms with Crippen LogP contribution in [0.2, 0.25) is 0 Å². The Bertz CT molecular complexity index is 604. The van der Waals surface area contributed by atoms with Crippen LogP contribution in [0.25, 0.3) is 0 Å². The molecule has 2 aromatic rings. The molecule has 0 saturated carbocycles. The van der Waals surface area contributed by atoms with Gasteiger partial charge in [-0.1, -0.05) is 6.92 Å². The average Bonchev–Trinajstić information content (AvgIpc) is 2.86. The first-order valence-electron chi connectivity index (χ1n) is 6.99. The van der Waals surface area contributed by atoms with Crippen molar-refractivity contribution >= 4 is 11.7 Å². The molecule has 0 spiro atoms. The summed E-state index contributed by atoms with van der Waals surface area (Å²) in [6.07, 6.45) is 5.78. The standard InChI is InChI=1S/C14H20N6O/c1-4-11-10(9-20(3)19-11)6-18-14(21)12-7-17-13(8-16-12)15-5-2/h7-9H,4-6H2,1-3H3,(H,15,17)(H,18,21). The van der Waals surface area contributed by atoms with Crippen molar-refractivity contribution < 1.29 is 4.79 Å². The smallest absolute Gasteiger partial charge is 0.271 e. The van der Waals surface area contributed by atoms with E-state index in [1.165, 1.54) is 6.20 Å². The minimum absolute atomic E-state index is 0.239. The van der Waals surface area contributed by atoms with E-state index in [1.54, 1.807) is 10.9 Å². The fourth-order valence-corrected chi connectivity index (χ4v) is 2.01. The van der Waals surface area contributed by atoms with Crippen molar-refractivity contribution in [1.29, 1.82) is 0 Å². The summed E-state index contributed by atoms with van der Waals surface area (Å²) in [5.41, 5.74) is 2.32. The van der Waals surface area contributed by atoms with Crippen LogP contribution in [0.15, 0.2) is 18.6 Å². The van der Waals surface area contributed by atoms with E-state index in [1.807, 2.05) is 27.1 Å². The molecule has 112 valence electrons. The maximum atomic E-state index is 12.0. The van der Waals surface area contributed by atoms with Crippen molar-refractivity contribution in [3.63, 3.8) is 0 Å². The van der Waals surface area contributed by atoms with Crippen LogP contribution < -0.4 is 10.6 Å². The molecule has 0 aliphatic heterocycles. The first kappa shape index (κ1) is 15.0. The van der Waals surface area contributed by atoms with Gasteiger partial charge in [-0.3, -0.25) is 9.48 Å². The second-order valence-corrected chi connectivity index (χ2v) is 4.63. The third-order valence-electron chi connectivity index (χ3n) is 3.01. The lowest BCUT2D eigenvalue weighted by atomic mass is 10.2. The predicted octanol–water partition coefficient (Wildman–Crippen LogP) is 1.13. The third kappa shape index (κ3) is 3.77. The summed E-state index contributed by atoms with van der Waals surface area (Å²) in [4.78, 5) is 20.3. The number of nitrogens with zero attached hydrogens (tertiary/aromatic N) is 4. The van der Waals surface area contributed by atoms with E-state index in [0.29, 0.717) is 18.1 Å². The Morgan fingerprint density at radius 2 is 2.10 bits per heavy atom. The minimum Gasteiger partial charge on any atom is -0.369 e. The second kappa shape index (κ2) is 6.83. The van der Waals surface area contributed by atoms with Gasteiger partial charge in [0, 0.05) is 31.9 Å². The molecule has 0 aliphatic carbocycles. The number of carbonyl (C=O) groups excluding carboxylic acids is 1. The molecule has 0 aliphatic rings. The molecule has 0 fully saturated rings. The monoisotopic (exact) mass is 288 g/mol. The molecular formula is C14H20N6O. The van der Waals surface area contributed by atoms with Gasteiger partial charge in [0.15, 0.2) is 0 Å². The Kier molecular flexibility index (Phi) is 4.86. The van der Waals surface area contributed by atoms with Gasteiger partial charge in [0.05, 0.1) is 18.1 Å². The number of carbonyl (C=O) groups is 1. The highest BCUT2D eigenvalue weighted by Gasteiger charge is 2.10. The quantitative estimate of drug-likeness (QED) is 0.832. The fourth-order valence-electron chi connectivity index (χ4n) is 2.01. The number of aryl methyl sites for hydroxylation is 2. The van der Waals surface area contributed by atoms with Crippen LogP contribution in [0.3, 0.4) is 0 Å². The first-order valence-corrected chi connectivity index (χ1v) is 6.99. The Morgan fingerprint density at radius 1 is 1.29 bits per heavy atom. The Labute approximate surface area is 123 Å². The maximum absolute atomic E-state index is 12.0. The van der Waals surface area contributed by atoms with Crippen LogP contribution in [0.5, 0.6) is 0 Å². The van der Waals surface area contributed by atoms with Crippen LogP contribution in [-0.2, 0) is 20.0 Å². The second-order valence-electron chi connectivity index (χ2n) is 4.63. The van der Waals surface area contributed by atoms with Gasteiger partial charge < -0.3 is 10.6 Å². The number of hydrogen-bond donors (Lipinski definition) is 2. The zero-order valence-electron chi connectivity index (χ0n) is 12.6. The lowest BCUT2D eigenvalue weighted by Gasteiger charge is -2.05. The van der Waals surface area contributed by atoms with Crippen molar-refractivity contribution in [1.82, 2.24) is 25.1 Å². The highest BCUT2D eigenvalue weighted by atomic mass is 16.1. The van der Waals surface area contributed by atoms with Crippen molar-refractivity contribution in [2.75, 3.05) is 11.9 Å². The molecule has 0 unspecified atom stereocenters. The highest BCUT2D eigenvalue weighted by molar-refractivity contribution is 5.91. The van der Waals surface area contributed by atoms with Crippen molar-refractivity contribution in [3.8, 4) is 0 Å². The van der Waals surface area contributed by atoms with E-state index in [0.717, 1.165) is 24.2 Å². The molecule has 21 heavy (non-hydrogen) atoms.